The number of nitrogens with one attached hydrogen (secondary N) is 2. The summed E-state index contributed by atoms with van der Waals surface area (Å²) in [4.78, 5) is 19.5. The van der Waals surface area contributed by atoms with Crippen molar-refractivity contribution in [3.05, 3.63) is 11.9 Å². The minimum atomic E-state index is -4.71. The molecule has 0 fully saturated rings. The highest BCUT2D eigenvalue weighted by molar-refractivity contribution is 5.83. The molecule has 0 saturated heterocycles. The molecule has 20 heavy (non-hydrogen) atoms. The van der Waals surface area contributed by atoms with Gasteiger partial charge in [-0.05, 0) is 6.92 Å². The minimum Gasteiger partial charge on any atom is -0.358 e. The number of carbonyl (C=O) groups is 1. The van der Waals surface area contributed by atoms with Crippen LogP contribution >= 0.6 is 0 Å². The van der Waals surface area contributed by atoms with Gasteiger partial charge in [0.1, 0.15) is 17.7 Å². The molecule has 1 unspecified atom stereocenters. The van der Waals surface area contributed by atoms with E-state index in [1.54, 1.807) is 0 Å². The number of nitrogen functional groups attached to an aromatic ring is 1. The SMILES string of the molecule is CC(Nc1cc(NN)nc(C(F)(F)F)n1)C(=O)N(C)C. The Balaban J connectivity index is 3.03. The summed E-state index contributed by atoms with van der Waals surface area (Å²) in [6, 6.07) is 0.431. The van der Waals surface area contributed by atoms with E-state index in [1.807, 2.05) is 5.43 Å². The zero-order valence-electron chi connectivity index (χ0n) is 11.1. The maximum absolute atomic E-state index is 12.6. The molecule has 1 amide bonds. The van der Waals surface area contributed by atoms with Crippen LogP contribution < -0.4 is 16.6 Å². The number of hydrogen-bond donors (Lipinski definition) is 3. The van der Waals surface area contributed by atoms with Gasteiger partial charge < -0.3 is 15.6 Å². The molecule has 1 aromatic rings. The van der Waals surface area contributed by atoms with Gasteiger partial charge in [0.25, 0.3) is 0 Å². The van der Waals surface area contributed by atoms with E-state index in [9.17, 15) is 18.0 Å². The van der Waals surface area contributed by atoms with Crippen molar-refractivity contribution in [2.45, 2.75) is 19.1 Å². The number of rotatable bonds is 4. The van der Waals surface area contributed by atoms with Crippen LogP contribution in [0.2, 0.25) is 0 Å². The second kappa shape index (κ2) is 5.90. The molecule has 0 aliphatic carbocycles. The monoisotopic (exact) mass is 292 g/mol. The highest BCUT2D eigenvalue weighted by Crippen LogP contribution is 2.28. The van der Waals surface area contributed by atoms with Crippen molar-refractivity contribution in [3.8, 4) is 0 Å². The van der Waals surface area contributed by atoms with Gasteiger partial charge in [-0.15, -0.1) is 0 Å². The number of amides is 1. The van der Waals surface area contributed by atoms with Crippen LogP contribution in [0.5, 0.6) is 0 Å². The van der Waals surface area contributed by atoms with Gasteiger partial charge in [0.15, 0.2) is 0 Å². The largest absolute Gasteiger partial charge is 0.451 e. The van der Waals surface area contributed by atoms with E-state index in [-0.39, 0.29) is 17.5 Å². The molecule has 1 heterocycles. The van der Waals surface area contributed by atoms with Crippen LogP contribution in [-0.4, -0.2) is 40.9 Å². The van der Waals surface area contributed by atoms with Crippen LogP contribution in [0.15, 0.2) is 6.07 Å². The Morgan fingerprint density at radius 2 is 1.90 bits per heavy atom. The van der Waals surface area contributed by atoms with Gasteiger partial charge in [0.2, 0.25) is 11.7 Å². The Morgan fingerprint density at radius 1 is 1.35 bits per heavy atom. The number of carbonyl (C=O) groups excluding carboxylic acids is 1. The molecule has 1 rings (SSSR count). The molecule has 0 radical (unpaired) electrons. The Bertz CT molecular complexity index is 490. The fraction of sp³-hybridized carbons (Fsp3) is 0.500. The number of likely N-dealkylation sites (N-methyl/N-ethyl adjacent to an activating group) is 1. The predicted molar refractivity (Wildman–Crippen MR) is 66.6 cm³/mol. The number of halogens is 3. The third kappa shape index (κ3) is 3.95. The summed E-state index contributed by atoms with van der Waals surface area (Å²) in [5, 5.41) is 2.57. The molecule has 4 N–H and O–H groups in total. The van der Waals surface area contributed by atoms with Crippen molar-refractivity contribution < 1.29 is 18.0 Å². The van der Waals surface area contributed by atoms with Gasteiger partial charge in [-0.1, -0.05) is 0 Å². The first-order valence-corrected chi connectivity index (χ1v) is 5.55. The van der Waals surface area contributed by atoms with E-state index in [0.717, 1.165) is 0 Å². The third-order valence-electron chi connectivity index (χ3n) is 2.30. The fourth-order valence-electron chi connectivity index (χ4n) is 1.39. The van der Waals surface area contributed by atoms with Crippen molar-refractivity contribution in [1.82, 2.24) is 14.9 Å². The average Bonchev–Trinajstić information content (AvgIpc) is 2.36. The molecule has 1 atom stereocenters. The second-order valence-electron chi connectivity index (χ2n) is 4.20. The summed E-state index contributed by atoms with van der Waals surface area (Å²) in [7, 11) is 3.07. The Labute approximate surface area is 113 Å². The molecule has 0 saturated carbocycles. The third-order valence-corrected chi connectivity index (χ3v) is 2.30. The number of anilines is 2. The van der Waals surface area contributed by atoms with Crippen LogP contribution in [0.1, 0.15) is 12.7 Å². The Hall–Kier alpha value is -2.10. The van der Waals surface area contributed by atoms with E-state index in [2.05, 4.69) is 15.3 Å². The van der Waals surface area contributed by atoms with E-state index >= 15 is 0 Å². The summed E-state index contributed by atoms with van der Waals surface area (Å²) < 4.78 is 37.8. The molecule has 112 valence electrons. The average molecular weight is 292 g/mol. The van der Waals surface area contributed by atoms with Gasteiger partial charge >= 0.3 is 6.18 Å². The summed E-state index contributed by atoms with van der Waals surface area (Å²) in [5.74, 6) is 3.05. The van der Waals surface area contributed by atoms with Crippen LogP contribution in [0.4, 0.5) is 24.8 Å². The van der Waals surface area contributed by atoms with Crippen molar-refractivity contribution in [2.75, 3.05) is 24.8 Å². The molecule has 0 aliphatic rings. The standard InChI is InChI=1S/C10H15F3N6O/c1-5(8(20)19(2)3)15-6-4-7(18-14)17-9(16-6)10(11,12)13/h4-5H,14H2,1-3H3,(H2,15,16,17,18). The van der Waals surface area contributed by atoms with Crippen molar-refractivity contribution in [1.29, 1.82) is 0 Å². The topological polar surface area (TPSA) is 96.2 Å². The lowest BCUT2D eigenvalue weighted by atomic mass is 10.3. The van der Waals surface area contributed by atoms with E-state index in [4.69, 9.17) is 5.84 Å². The Kier molecular flexibility index (Phi) is 4.71. The smallest absolute Gasteiger partial charge is 0.358 e. The van der Waals surface area contributed by atoms with Crippen molar-refractivity contribution in [2.24, 2.45) is 5.84 Å². The van der Waals surface area contributed by atoms with Crippen LogP contribution in [0, 0.1) is 0 Å². The first-order valence-electron chi connectivity index (χ1n) is 5.55. The normalized spacial score (nSPS) is 12.8. The van der Waals surface area contributed by atoms with Gasteiger partial charge in [-0.2, -0.15) is 13.2 Å². The summed E-state index contributed by atoms with van der Waals surface area (Å²) in [6.07, 6.45) is -4.71. The number of aromatic nitrogens is 2. The molecule has 0 spiro atoms. The quantitative estimate of drug-likeness (QED) is 0.557. The zero-order chi connectivity index (χ0) is 15.5. The lowest BCUT2D eigenvalue weighted by molar-refractivity contribution is -0.144. The van der Waals surface area contributed by atoms with Crippen molar-refractivity contribution in [3.63, 3.8) is 0 Å². The summed E-state index contributed by atoms with van der Waals surface area (Å²) >= 11 is 0. The van der Waals surface area contributed by atoms with Crippen LogP contribution in [-0.2, 0) is 11.0 Å². The maximum Gasteiger partial charge on any atom is 0.451 e. The number of hydrogen-bond acceptors (Lipinski definition) is 6. The fourth-order valence-corrected chi connectivity index (χ4v) is 1.39. The predicted octanol–water partition coefficient (Wildman–Crippen LogP) is 0.670. The van der Waals surface area contributed by atoms with Crippen LogP contribution in [0.3, 0.4) is 0 Å². The van der Waals surface area contributed by atoms with Crippen LogP contribution in [0.25, 0.3) is 0 Å². The van der Waals surface area contributed by atoms with E-state index in [0.29, 0.717) is 0 Å². The molecule has 0 aliphatic heterocycles. The first-order chi connectivity index (χ1) is 9.15. The summed E-state index contributed by atoms with van der Waals surface area (Å²) in [5.41, 5.74) is 2.02. The number of nitrogens with zero attached hydrogens (tertiary/aromatic N) is 3. The molecule has 10 heteroatoms. The molecular weight excluding hydrogens is 277 g/mol. The van der Waals surface area contributed by atoms with E-state index < -0.39 is 18.0 Å². The lowest BCUT2D eigenvalue weighted by Gasteiger charge is -2.19. The second-order valence-corrected chi connectivity index (χ2v) is 4.20. The lowest BCUT2D eigenvalue weighted by Crippen LogP contribution is -2.37. The Morgan fingerprint density at radius 3 is 2.35 bits per heavy atom. The van der Waals surface area contributed by atoms with Gasteiger partial charge in [0, 0.05) is 20.2 Å². The van der Waals surface area contributed by atoms with Gasteiger partial charge in [0.05, 0.1) is 0 Å². The molecule has 0 bridgehead atoms. The highest BCUT2D eigenvalue weighted by atomic mass is 19.4. The molecule has 7 nitrogen and oxygen atoms in total. The summed E-state index contributed by atoms with van der Waals surface area (Å²) in [6.45, 7) is 1.51. The maximum atomic E-state index is 12.6. The molecule has 1 aromatic heterocycles. The molecular formula is C10H15F3N6O. The number of alkyl halides is 3. The minimum absolute atomic E-state index is 0.150. The van der Waals surface area contributed by atoms with Gasteiger partial charge in [-0.3, -0.25) is 4.79 Å². The zero-order valence-corrected chi connectivity index (χ0v) is 11.1. The number of hydrazine groups is 1. The van der Waals surface area contributed by atoms with Crippen molar-refractivity contribution >= 4 is 17.5 Å². The first kappa shape index (κ1) is 16.0. The highest BCUT2D eigenvalue weighted by Gasteiger charge is 2.35. The van der Waals surface area contributed by atoms with E-state index in [1.165, 1.54) is 32.0 Å². The number of nitrogens with two attached hydrogens (primary N) is 1. The molecule has 0 aromatic carbocycles. The van der Waals surface area contributed by atoms with Gasteiger partial charge in [-0.25, -0.2) is 15.8 Å².